The van der Waals surface area contributed by atoms with E-state index < -0.39 is 11.6 Å². The molecule has 21 heavy (non-hydrogen) atoms. The lowest BCUT2D eigenvalue weighted by molar-refractivity contribution is 0.579. The zero-order chi connectivity index (χ0) is 14.7. The van der Waals surface area contributed by atoms with Crippen molar-refractivity contribution in [3.8, 4) is 0 Å². The molecule has 0 radical (unpaired) electrons. The van der Waals surface area contributed by atoms with Crippen LogP contribution in [0.2, 0.25) is 0 Å². The van der Waals surface area contributed by atoms with E-state index in [-0.39, 0.29) is 12.1 Å². The topological polar surface area (TPSA) is 61.4 Å². The maximum atomic E-state index is 14.0. The second-order valence-electron chi connectivity index (χ2n) is 4.25. The van der Waals surface area contributed by atoms with Crippen LogP contribution in [0.3, 0.4) is 0 Å². The summed E-state index contributed by atoms with van der Waals surface area (Å²) < 4.78 is 30.0. The second kappa shape index (κ2) is 5.61. The van der Waals surface area contributed by atoms with Crippen molar-refractivity contribution in [3.63, 3.8) is 0 Å². The number of hydrogen-bond acceptors (Lipinski definition) is 4. The molecule has 0 N–H and O–H groups in total. The Hall–Kier alpha value is -2.90. The number of allylic oxidation sites excluding steroid dienone is 1. The van der Waals surface area contributed by atoms with E-state index in [9.17, 15) is 8.78 Å². The van der Waals surface area contributed by atoms with E-state index in [1.54, 1.807) is 6.20 Å². The van der Waals surface area contributed by atoms with E-state index >= 15 is 0 Å². The number of nitrogens with zero attached hydrogens (tertiary/aromatic N) is 6. The summed E-state index contributed by atoms with van der Waals surface area (Å²) in [4.78, 5) is 7.66. The monoisotopic (exact) mass is 288 g/mol. The van der Waals surface area contributed by atoms with Crippen LogP contribution in [0.25, 0.3) is 11.8 Å². The summed E-state index contributed by atoms with van der Waals surface area (Å²) in [6, 6.07) is 3.42. The first kappa shape index (κ1) is 13.1. The number of benzene rings is 1. The maximum Gasteiger partial charge on any atom is 0.138 e. The average molecular weight is 288 g/mol. The smallest absolute Gasteiger partial charge is 0.138 e. The van der Waals surface area contributed by atoms with Gasteiger partial charge in [0, 0.05) is 23.4 Å². The van der Waals surface area contributed by atoms with E-state index in [0.717, 1.165) is 6.07 Å². The summed E-state index contributed by atoms with van der Waals surface area (Å²) in [6.45, 7) is 0.266. The van der Waals surface area contributed by atoms with Gasteiger partial charge in [0.15, 0.2) is 0 Å². The standard InChI is InChI=1S/C13H10F2N6/c14-11-1-2-12(13(15)3-11)10(4-20-8-16-6-18-20)5-21-9-17-7-19-21/h1-4,6-9H,5H2/b10-4-. The van der Waals surface area contributed by atoms with Crippen molar-refractivity contribution in [1.29, 1.82) is 0 Å². The van der Waals surface area contributed by atoms with Gasteiger partial charge in [-0.1, -0.05) is 0 Å². The van der Waals surface area contributed by atoms with Crippen molar-refractivity contribution in [2.75, 3.05) is 0 Å². The van der Waals surface area contributed by atoms with Crippen LogP contribution in [0.5, 0.6) is 0 Å². The molecule has 0 aliphatic rings. The lowest BCUT2D eigenvalue weighted by Gasteiger charge is -2.09. The van der Waals surface area contributed by atoms with Gasteiger partial charge in [-0.25, -0.2) is 28.1 Å². The van der Waals surface area contributed by atoms with Crippen LogP contribution in [-0.2, 0) is 6.54 Å². The summed E-state index contributed by atoms with van der Waals surface area (Å²) in [7, 11) is 0. The summed E-state index contributed by atoms with van der Waals surface area (Å²) in [6.07, 6.45) is 7.34. The third kappa shape index (κ3) is 2.99. The molecular formula is C13H10F2N6. The first-order valence-corrected chi connectivity index (χ1v) is 6.05. The molecule has 1 aromatic carbocycles. The highest BCUT2D eigenvalue weighted by Gasteiger charge is 2.11. The van der Waals surface area contributed by atoms with E-state index in [4.69, 9.17) is 0 Å². The quantitative estimate of drug-likeness (QED) is 0.735. The normalized spacial score (nSPS) is 11.8. The minimum absolute atomic E-state index is 0.266. The van der Waals surface area contributed by atoms with E-state index in [0.29, 0.717) is 5.57 Å². The molecule has 0 unspecified atom stereocenters. The van der Waals surface area contributed by atoms with Crippen LogP contribution in [0.4, 0.5) is 8.78 Å². The Morgan fingerprint density at radius 2 is 1.90 bits per heavy atom. The fraction of sp³-hybridized carbons (Fsp3) is 0.0769. The highest BCUT2D eigenvalue weighted by molar-refractivity contribution is 5.75. The summed E-state index contributed by atoms with van der Waals surface area (Å²) >= 11 is 0. The molecule has 0 atom stereocenters. The van der Waals surface area contributed by atoms with Gasteiger partial charge < -0.3 is 0 Å². The van der Waals surface area contributed by atoms with Crippen LogP contribution >= 0.6 is 0 Å². The highest BCUT2D eigenvalue weighted by Crippen LogP contribution is 2.21. The maximum absolute atomic E-state index is 14.0. The highest BCUT2D eigenvalue weighted by atomic mass is 19.1. The Morgan fingerprint density at radius 1 is 1.10 bits per heavy atom. The van der Waals surface area contributed by atoms with Gasteiger partial charge in [0.2, 0.25) is 0 Å². The Labute approximate surface area is 118 Å². The van der Waals surface area contributed by atoms with Crippen molar-refractivity contribution in [2.45, 2.75) is 6.54 Å². The lowest BCUT2D eigenvalue weighted by atomic mass is 10.1. The van der Waals surface area contributed by atoms with Crippen LogP contribution in [-0.4, -0.2) is 29.5 Å². The van der Waals surface area contributed by atoms with Crippen molar-refractivity contribution in [1.82, 2.24) is 29.5 Å². The number of aromatic nitrogens is 6. The molecule has 6 nitrogen and oxygen atoms in total. The van der Waals surface area contributed by atoms with E-state index in [1.807, 2.05) is 0 Å². The summed E-state index contributed by atoms with van der Waals surface area (Å²) in [5.41, 5.74) is 0.825. The van der Waals surface area contributed by atoms with E-state index in [1.165, 1.54) is 46.8 Å². The molecule has 3 aromatic rings. The first-order chi connectivity index (χ1) is 10.2. The molecule has 2 aromatic heterocycles. The molecular weight excluding hydrogens is 278 g/mol. The van der Waals surface area contributed by atoms with E-state index in [2.05, 4.69) is 20.2 Å². The molecule has 0 spiro atoms. The molecule has 0 saturated carbocycles. The zero-order valence-corrected chi connectivity index (χ0v) is 10.8. The molecule has 2 heterocycles. The third-order valence-corrected chi connectivity index (χ3v) is 2.80. The molecule has 0 amide bonds. The van der Waals surface area contributed by atoms with Gasteiger partial charge in [-0.3, -0.25) is 0 Å². The predicted octanol–water partition coefficient (Wildman–Crippen LogP) is 1.85. The number of halogens is 2. The summed E-state index contributed by atoms with van der Waals surface area (Å²) in [5.74, 6) is -1.28. The van der Waals surface area contributed by atoms with Crippen molar-refractivity contribution in [3.05, 3.63) is 60.7 Å². The van der Waals surface area contributed by atoms with Gasteiger partial charge in [0.1, 0.15) is 36.9 Å². The molecule has 3 rings (SSSR count). The van der Waals surface area contributed by atoms with Crippen LogP contribution in [0.15, 0.2) is 43.5 Å². The Balaban J connectivity index is 2.03. The zero-order valence-electron chi connectivity index (χ0n) is 10.8. The van der Waals surface area contributed by atoms with Gasteiger partial charge in [0.25, 0.3) is 0 Å². The van der Waals surface area contributed by atoms with Crippen LogP contribution < -0.4 is 0 Å². The van der Waals surface area contributed by atoms with Crippen LogP contribution in [0, 0.1) is 11.6 Å². The fourth-order valence-corrected chi connectivity index (χ4v) is 1.88. The Kier molecular flexibility index (Phi) is 3.50. The van der Waals surface area contributed by atoms with Crippen molar-refractivity contribution in [2.24, 2.45) is 0 Å². The molecule has 0 aliphatic heterocycles. The Bertz CT molecular complexity index is 749. The number of hydrogen-bond donors (Lipinski definition) is 0. The lowest BCUT2D eigenvalue weighted by Crippen LogP contribution is -2.04. The predicted molar refractivity (Wildman–Crippen MR) is 70.6 cm³/mol. The van der Waals surface area contributed by atoms with Crippen LogP contribution in [0.1, 0.15) is 5.56 Å². The summed E-state index contributed by atoms with van der Waals surface area (Å²) in [5, 5.41) is 7.93. The molecule has 106 valence electrons. The molecule has 0 saturated heterocycles. The largest absolute Gasteiger partial charge is 0.248 e. The van der Waals surface area contributed by atoms with Crippen molar-refractivity contribution >= 4 is 11.8 Å². The van der Waals surface area contributed by atoms with Gasteiger partial charge in [-0.05, 0) is 12.1 Å². The minimum atomic E-state index is -0.651. The Morgan fingerprint density at radius 3 is 2.57 bits per heavy atom. The minimum Gasteiger partial charge on any atom is -0.248 e. The fourth-order valence-electron chi connectivity index (χ4n) is 1.88. The van der Waals surface area contributed by atoms with Crippen molar-refractivity contribution < 1.29 is 8.78 Å². The molecule has 0 bridgehead atoms. The van der Waals surface area contributed by atoms with Gasteiger partial charge in [0.05, 0.1) is 6.54 Å². The molecule has 0 fully saturated rings. The van der Waals surface area contributed by atoms with Gasteiger partial charge in [-0.15, -0.1) is 0 Å². The number of rotatable bonds is 4. The third-order valence-electron chi connectivity index (χ3n) is 2.80. The van der Waals surface area contributed by atoms with Gasteiger partial charge >= 0.3 is 0 Å². The van der Waals surface area contributed by atoms with Gasteiger partial charge in [-0.2, -0.15) is 10.2 Å². The average Bonchev–Trinajstić information content (AvgIpc) is 3.11. The molecule has 8 heteroatoms. The SMILES string of the molecule is Fc1ccc(/C(=C\n2cncn2)Cn2cncn2)c(F)c1. The molecule has 0 aliphatic carbocycles. The second-order valence-corrected chi connectivity index (χ2v) is 4.25. The first-order valence-electron chi connectivity index (χ1n) is 6.05.